The second kappa shape index (κ2) is 6.11. The average Bonchev–Trinajstić information content (AvgIpc) is 3.27. The van der Waals surface area contributed by atoms with Gasteiger partial charge < -0.3 is 5.32 Å². The quantitative estimate of drug-likeness (QED) is 0.526. The second-order valence-corrected chi connectivity index (χ2v) is 7.68. The van der Waals surface area contributed by atoms with E-state index >= 15 is 0 Å². The molecule has 0 aliphatic carbocycles. The Morgan fingerprint density at radius 1 is 1.42 bits per heavy atom. The number of nitrogens with zero attached hydrogens (tertiary/aromatic N) is 4. The highest BCUT2D eigenvalue weighted by Gasteiger charge is 2.18. The third-order valence-corrected chi connectivity index (χ3v) is 6.11. The fourth-order valence-electron chi connectivity index (χ4n) is 2.38. The first-order valence-electron chi connectivity index (χ1n) is 6.96. The number of carbonyl (C=O) groups is 1. The number of aromatic amines is 1. The topological polar surface area (TPSA) is 88.0 Å². The molecule has 0 aliphatic rings. The minimum atomic E-state index is -0.0869. The lowest BCUT2D eigenvalue weighted by Crippen LogP contribution is -2.15. The molecule has 4 aromatic rings. The maximum absolute atomic E-state index is 12.5. The molecule has 24 heavy (non-hydrogen) atoms. The van der Waals surface area contributed by atoms with Gasteiger partial charge in [-0.3, -0.25) is 14.3 Å². The zero-order chi connectivity index (χ0) is 16.7. The summed E-state index contributed by atoms with van der Waals surface area (Å²) in [4.78, 5) is 21.9. The van der Waals surface area contributed by atoms with Gasteiger partial charge in [0.05, 0.1) is 17.7 Å². The van der Waals surface area contributed by atoms with E-state index in [-0.39, 0.29) is 12.3 Å². The van der Waals surface area contributed by atoms with Crippen LogP contribution in [0.15, 0.2) is 27.8 Å². The largest absolute Gasteiger partial charge is 0.317 e. The number of thiophene rings is 1. The van der Waals surface area contributed by atoms with Crippen LogP contribution >= 0.6 is 38.6 Å². The van der Waals surface area contributed by atoms with Gasteiger partial charge in [0.2, 0.25) is 5.91 Å². The zero-order valence-electron chi connectivity index (χ0n) is 12.4. The van der Waals surface area contributed by atoms with Crippen molar-refractivity contribution in [3.63, 3.8) is 0 Å². The molecule has 122 valence electrons. The molecule has 4 heterocycles. The van der Waals surface area contributed by atoms with E-state index < -0.39 is 0 Å². The van der Waals surface area contributed by atoms with Crippen molar-refractivity contribution in [1.82, 2.24) is 24.6 Å². The van der Waals surface area contributed by atoms with Crippen LogP contribution in [0.25, 0.3) is 16.3 Å². The van der Waals surface area contributed by atoms with E-state index in [1.807, 2.05) is 28.3 Å². The van der Waals surface area contributed by atoms with E-state index in [9.17, 15) is 4.79 Å². The summed E-state index contributed by atoms with van der Waals surface area (Å²) < 4.78 is 2.82. The van der Waals surface area contributed by atoms with Gasteiger partial charge in [0, 0.05) is 27.1 Å². The Morgan fingerprint density at radius 2 is 2.29 bits per heavy atom. The molecule has 0 saturated heterocycles. The first-order chi connectivity index (χ1) is 11.6. The van der Waals surface area contributed by atoms with Crippen molar-refractivity contribution in [2.24, 2.45) is 0 Å². The lowest BCUT2D eigenvalue weighted by molar-refractivity contribution is -0.115. The summed E-state index contributed by atoms with van der Waals surface area (Å²) in [5.41, 5.74) is 2.67. The predicted octanol–water partition coefficient (Wildman–Crippen LogP) is 3.49. The van der Waals surface area contributed by atoms with Gasteiger partial charge in [-0.05, 0) is 22.9 Å². The Morgan fingerprint density at radius 3 is 3.08 bits per heavy atom. The molecule has 7 nitrogen and oxygen atoms in total. The Balaban J connectivity index is 1.57. The molecule has 0 radical (unpaired) electrons. The SMILES string of the molecule is Cc1cn2c(CC(=O)Nc3scc(Br)c3-c3ncn[nH]3)csc2n1. The van der Waals surface area contributed by atoms with Crippen LogP contribution in [-0.2, 0) is 11.2 Å². The first-order valence-corrected chi connectivity index (χ1v) is 9.51. The Labute approximate surface area is 152 Å². The zero-order valence-corrected chi connectivity index (χ0v) is 15.6. The number of fused-ring (bicyclic) bond motifs is 1. The molecule has 0 saturated carbocycles. The number of nitrogens with one attached hydrogen (secondary N) is 2. The number of carbonyl (C=O) groups excluding carboxylic acids is 1. The predicted molar refractivity (Wildman–Crippen MR) is 97.5 cm³/mol. The van der Waals surface area contributed by atoms with E-state index in [1.165, 1.54) is 29.0 Å². The van der Waals surface area contributed by atoms with Gasteiger partial charge in [0.25, 0.3) is 0 Å². The average molecular weight is 423 g/mol. The Kier molecular flexibility index (Phi) is 3.94. The normalized spacial score (nSPS) is 11.2. The smallest absolute Gasteiger partial charge is 0.230 e. The molecular formula is C14H11BrN6OS2. The van der Waals surface area contributed by atoms with Crippen LogP contribution < -0.4 is 5.32 Å². The van der Waals surface area contributed by atoms with Crippen LogP contribution in [0, 0.1) is 6.92 Å². The van der Waals surface area contributed by atoms with Gasteiger partial charge in [-0.25, -0.2) is 9.97 Å². The van der Waals surface area contributed by atoms with Crippen molar-refractivity contribution in [3.8, 4) is 11.4 Å². The Hall–Kier alpha value is -2.04. The van der Waals surface area contributed by atoms with Crippen LogP contribution in [0.1, 0.15) is 11.4 Å². The molecular weight excluding hydrogens is 412 g/mol. The number of aromatic nitrogens is 5. The number of hydrogen-bond acceptors (Lipinski definition) is 6. The minimum Gasteiger partial charge on any atom is -0.317 e. The van der Waals surface area contributed by atoms with Crippen LogP contribution in [0.3, 0.4) is 0 Å². The number of anilines is 1. The van der Waals surface area contributed by atoms with Gasteiger partial charge in [-0.15, -0.1) is 22.7 Å². The standard InChI is InChI=1S/C14H11BrN6OS2/c1-7-3-21-8(4-24-14(21)18-7)2-10(22)19-13-11(9(15)5-23-13)12-16-6-17-20-12/h3-6H,2H2,1H3,(H,19,22)(H,16,17,20). The van der Waals surface area contributed by atoms with E-state index in [4.69, 9.17) is 0 Å². The highest BCUT2D eigenvalue weighted by molar-refractivity contribution is 9.10. The third kappa shape index (κ3) is 2.76. The van der Waals surface area contributed by atoms with Crippen LogP contribution in [-0.4, -0.2) is 30.5 Å². The second-order valence-electron chi connectivity index (χ2n) is 5.11. The fourth-order valence-corrected chi connectivity index (χ4v) is 4.93. The minimum absolute atomic E-state index is 0.0869. The summed E-state index contributed by atoms with van der Waals surface area (Å²) in [6.45, 7) is 1.94. The molecule has 0 atom stereocenters. The van der Waals surface area contributed by atoms with Gasteiger partial charge in [0.15, 0.2) is 10.8 Å². The molecule has 0 unspecified atom stereocenters. The molecule has 1 amide bonds. The molecule has 10 heteroatoms. The summed E-state index contributed by atoms with van der Waals surface area (Å²) in [6, 6.07) is 0. The van der Waals surface area contributed by atoms with Crippen LogP contribution in [0.5, 0.6) is 0 Å². The van der Waals surface area contributed by atoms with Crippen molar-refractivity contribution in [1.29, 1.82) is 0 Å². The monoisotopic (exact) mass is 422 g/mol. The van der Waals surface area contributed by atoms with Crippen LogP contribution in [0.4, 0.5) is 5.00 Å². The summed E-state index contributed by atoms with van der Waals surface area (Å²) in [7, 11) is 0. The number of thiazole rings is 1. The van der Waals surface area contributed by atoms with Crippen molar-refractivity contribution >= 4 is 54.5 Å². The fraction of sp³-hybridized carbons (Fsp3) is 0.143. The number of amides is 1. The summed E-state index contributed by atoms with van der Waals surface area (Å²) in [5, 5.41) is 14.3. The molecule has 0 spiro atoms. The molecule has 0 bridgehead atoms. The maximum atomic E-state index is 12.5. The third-order valence-electron chi connectivity index (χ3n) is 3.40. The number of H-pyrrole nitrogens is 1. The van der Waals surface area contributed by atoms with Crippen LogP contribution in [0.2, 0.25) is 0 Å². The summed E-state index contributed by atoms with van der Waals surface area (Å²) >= 11 is 6.46. The van der Waals surface area contributed by atoms with Crippen molar-refractivity contribution in [2.45, 2.75) is 13.3 Å². The summed E-state index contributed by atoms with van der Waals surface area (Å²) in [6.07, 6.45) is 3.66. The summed E-state index contributed by atoms with van der Waals surface area (Å²) in [5.74, 6) is 0.526. The van der Waals surface area contributed by atoms with E-state index in [0.29, 0.717) is 5.82 Å². The van der Waals surface area contributed by atoms with E-state index in [2.05, 4.69) is 41.4 Å². The lowest BCUT2D eigenvalue weighted by Gasteiger charge is -2.05. The number of halogens is 1. The van der Waals surface area contributed by atoms with E-state index in [0.717, 1.165) is 31.4 Å². The molecule has 0 fully saturated rings. The van der Waals surface area contributed by atoms with Crippen molar-refractivity contribution in [2.75, 3.05) is 5.32 Å². The van der Waals surface area contributed by atoms with Gasteiger partial charge in [-0.1, -0.05) is 0 Å². The molecule has 2 N–H and O–H groups in total. The van der Waals surface area contributed by atoms with Gasteiger partial charge in [0.1, 0.15) is 11.3 Å². The maximum Gasteiger partial charge on any atom is 0.230 e. The molecule has 0 aromatic carbocycles. The van der Waals surface area contributed by atoms with Crippen molar-refractivity contribution in [3.05, 3.63) is 39.1 Å². The Bertz CT molecular complexity index is 1020. The molecule has 0 aliphatic heterocycles. The molecule has 4 rings (SSSR count). The highest BCUT2D eigenvalue weighted by atomic mass is 79.9. The highest BCUT2D eigenvalue weighted by Crippen LogP contribution is 2.38. The van der Waals surface area contributed by atoms with Gasteiger partial charge in [-0.2, -0.15) is 5.10 Å². The first kappa shape index (κ1) is 15.5. The number of hydrogen-bond donors (Lipinski definition) is 2. The number of imidazole rings is 1. The number of aryl methyl sites for hydroxylation is 1. The van der Waals surface area contributed by atoms with Gasteiger partial charge >= 0.3 is 0 Å². The number of rotatable bonds is 4. The van der Waals surface area contributed by atoms with Crippen molar-refractivity contribution < 1.29 is 4.79 Å². The van der Waals surface area contributed by atoms with E-state index in [1.54, 1.807) is 0 Å². The molecule has 4 aromatic heterocycles. The lowest BCUT2D eigenvalue weighted by atomic mass is 10.3.